The summed E-state index contributed by atoms with van der Waals surface area (Å²) in [5, 5.41) is 26.9. The summed E-state index contributed by atoms with van der Waals surface area (Å²) in [7, 11) is 0. The normalized spacial score (nSPS) is 14.3. The van der Waals surface area contributed by atoms with E-state index in [0.717, 1.165) is 10.9 Å². The summed E-state index contributed by atoms with van der Waals surface area (Å²) in [6.07, 6.45) is 1.58. The molecule has 3 amide bonds. The minimum absolute atomic E-state index is 0.0188. The molecule has 1 aromatic heterocycles. The number of carboxylic acids is 2. The number of aromatic nitrogens is 1. The van der Waals surface area contributed by atoms with Crippen LogP contribution in [0.5, 0.6) is 0 Å². The second kappa shape index (κ2) is 13.2. The van der Waals surface area contributed by atoms with Gasteiger partial charge >= 0.3 is 11.9 Å². The molecule has 0 saturated carbocycles. The molecule has 0 aliphatic carbocycles. The minimum Gasteiger partial charge on any atom is -0.481 e. The van der Waals surface area contributed by atoms with E-state index in [4.69, 9.17) is 10.8 Å². The number of fused-ring (bicyclic) bond motifs is 1. The highest BCUT2D eigenvalue weighted by Gasteiger charge is 2.32. The zero-order chi connectivity index (χ0) is 26.8. The molecule has 0 spiro atoms. The van der Waals surface area contributed by atoms with Crippen LogP contribution in [0.2, 0.25) is 0 Å². The standard InChI is InChI=1S/C24H33N5O7/c1-3-13(2)21(24(35)36)29-23(34)18(10-14-12-26-16-7-5-4-6-15(14)16)28-22(33)17(8-9-20(31)32)27-19(30)11-25/h4-7,12-13,17-18,21,26H,3,8-11,25H2,1-2H3,(H,27,30)(H,28,33)(H,29,34)(H,31,32)(H,35,36). The Morgan fingerprint density at radius 3 is 2.28 bits per heavy atom. The van der Waals surface area contributed by atoms with E-state index in [0.29, 0.717) is 12.0 Å². The molecular formula is C24H33N5O7. The second-order valence-electron chi connectivity index (χ2n) is 8.59. The number of carboxylic acid groups (broad SMARTS) is 2. The van der Waals surface area contributed by atoms with Crippen molar-refractivity contribution < 1.29 is 34.2 Å². The van der Waals surface area contributed by atoms with E-state index < -0.39 is 60.8 Å². The first-order valence-corrected chi connectivity index (χ1v) is 11.7. The molecule has 0 fully saturated rings. The molecule has 12 heteroatoms. The Morgan fingerprint density at radius 1 is 1.00 bits per heavy atom. The van der Waals surface area contributed by atoms with Crippen LogP contribution >= 0.6 is 0 Å². The van der Waals surface area contributed by atoms with Crippen molar-refractivity contribution in [3.63, 3.8) is 0 Å². The number of amides is 3. The van der Waals surface area contributed by atoms with Crippen molar-refractivity contribution >= 4 is 40.6 Å². The van der Waals surface area contributed by atoms with Crippen molar-refractivity contribution in [2.45, 2.75) is 57.7 Å². The Hall–Kier alpha value is -3.93. The maximum absolute atomic E-state index is 13.2. The number of benzene rings is 1. The third kappa shape index (κ3) is 7.80. The molecule has 0 aliphatic rings. The number of aromatic amines is 1. The zero-order valence-electron chi connectivity index (χ0n) is 20.2. The molecule has 2 rings (SSSR count). The van der Waals surface area contributed by atoms with Gasteiger partial charge in [-0.3, -0.25) is 19.2 Å². The molecule has 0 bridgehead atoms. The van der Waals surface area contributed by atoms with Crippen molar-refractivity contribution in [1.29, 1.82) is 0 Å². The Morgan fingerprint density at radius 2 is 1.67 bits per heavy atom. The van der Waals surface area contributed by atoms with Crippen molar-refractivity contribution in [3.05, 3.63) is 36.0 Å². The molecule has 2 aromatic rings. The van der Waals surface area contributed by atoms with Gasteiger partial charge in [-0.25, -0.2) is 4.79 Å². The van der Waals surface area contributed by atoms with E-state index in [9.17, 15) is 29.1 Å². The van der Waals surface area contributed by atoms with Crippen LogP contribution in [-0.4, -0.2) is 69.5 Å². The van der Waals surface area contributed by atoms with Crippen LogP contribution in [0, 0.1) is 5.92 Å². The van der Waals surface area contributed by atoms with Crippen molar-refractivity contribution in [1.82, 2.24) is 20.9 Å². The molecule has 36 heavy (non-hydrogen) atoms. The van der Waals surface area contributed by atoms with Crippen LogP contribution in [0.25, 0.3) is 10.9 Å². The molecule has 8 N–H and O–H groups in total. The fourth-order valence-electron chi connectivity index (χ4n) is 3.73. The van der Waals surface area contributed by atoms with Crippen molar-refractivity contribution in [2.24, 2.45) is 11.7 Å². The fourth-order valence-corrected chi connectivity index (χ4v) is 3.73. The lowest BCUT2D eigenvalue weighted by Crippen LogP contribution is -2.57. The summed E-state index contributed by atoms with van der Waals surface area (Å²) in [6, 6.07) is 3.72. The summed E-state index contributed by atoms with van der Waals surface area (Å²) < 4.78 is 0. The number of H-pyrrole nitrogens is 1. The number of hydrogen-bond donors (Lipinski definition) is 7. The van der Waals surface area contributed by atoms with Gasteiger partial charge in [-0.05, 0) is 24.0 Å². The first kappa shape index (κ1) is 28.3. The van der Waals surface area contributed by atoms with Crippen LogP contribution in [0.15, 0.2) is 30.5 Å². The lowest BCUT2D eigenvalue weighted by atomic mass is 9.98. The summed E-state index contributed by atoms with van der Waals surface area (Å²) in [6.45, 7) is 3.08. The predicted octanol–water partition coefficient (Wildman–Crippen LogP) is 0.119. The van der Waals surface area contributed by atoms with Crippen LogP contribution in [-0.2, 0) is 30.4 Å². The smallest absolute Gasteiger partial charge is 0.326 e. The number of carbonyl (C=O) groups excluding carboxylic acids is 3. The summed E-state index contributed by atoms with van der Waals surface area (Å²) in [4.78, 5) is 64.0. The second-order valence-corrected chi connectivity index (χ2v) is 8.59. The molecule has 4 unspecified atom stereocenters. The molecular weight excluding hydrogens is 470 g/mol. The van der Waals surface area contributed by atoms with Gasteiger partial charge in [0.2, 0.25) is 17.7 Å². The highest BCUT2D eigenvalue weighted by atomic mass is 16.4. The Kier molecular flexibility index (Phi) is 10.4. The van der Waals surface area contributed by atoms with Gasteiger partial charge in [-0.15, -0.1) is 0 Å². The Labute approximate surface area is 208 Å². The van der Waals surface area contributed by atoms with E-state index >= 15 is 0 Å². The molecule has 1 aromatic carbocycles. The van der Waals surface area contributed by atoms with E-state index in [1.54, 1.807) is 20.0 Å². The SMILES string of the molecule is CCC(C)C(NC(=O)C(Cc1c[nH]c2ccccc12)NC(=O)C(CCC(=O)O)NC(=O)CN)C(=O)O. The number of aliphatic carboxylic acids is 2. The number of hydrogen-bond acceptors (Lipinski definition) is 6. The van der Waals surface area contributed by atoms with E-state index in [2.05, 4.69) is 20.9 Å². The third-order valence-electron chi connectivity index (χ3n) is 5.99. The van der Waals surface area contributed by atoms with Gasteiger partial charge in [0.1, 0.15) is 18.1 Å². The summed E-state index contributed by atoms with van der Waals surface area (Å²) >= 11 is 0. The van der Waals surface area contributed by atoms with Gasteiger partial charge < -0.3 is 36.9 Å². The molecule has 4 atom stereocenters. The van der Waals surface area contributed by atoms with Crippen LogP contribution in [0.1, 0.15) is 38.7 Å². The third-order valence-corrected chi connectivity index (χ3v) is 5.99. The first-order valence-electron chi connectivity index (χ1n) is 11.7. The minimum atomic E-state index is -1.25. The molecule has 196 valence electrons. The van der Waals surface area contributed by atoms with Crippen LogP contribution in [0.4, 0.5) is 0 Å². The van der Waals surface area contributed by atoms with Gasteiger partial charge in [0.15, 0.2) is 0 Å². The van der Waals surface area contributed by atoms with Gasteiger partial charge in [-0.2, -0.15) is 0 Å². The predicted molar refractivity (Wildman–Crippen MR) is 131 cm³/mol. The number of nitrogens with one attached hydrogen (secondary N) is 4. The quantitative estimate of drug-likeness (QED) is 0.188. The molecule has 1 heterocycles. The average molecular weight is 504 g/mol. The largest absolute Gasteiger partial charge is 0.481 e. The van der Waals surface area contributed by atoms with Crippen molar-refractivity contribution in [3.8, 4) is 0 Å². The number of carbonyl (C=O) groups is 5. The number of nitrogens with two attached hydrogens (primary N) is 1. The Balaban J connectivity index is 2.33. The van der Waals surface area contributed by atoms with Gasteiger partial charge in [0.25, 0.3) is 0 Å². The maximum Gasteiger partial charge on any atom is 0.326 e. The molecule has 0 radical (unpaired) electrons. The topological polar surface area (TPSA) is 204 Å². The lowest BCUT2D eigenvalue weighted by molar-refractivity contribution is -0.143. The zero-order valence-corrected chi connectivity index (χ0v) is 20.2. The van der Waals surface area contributed by atoms with E-state index in [1.165, 1.54) is 0 Å². The van der Waals surface area contributed by atoms with Crippen LogP contribution < -0.4 is 21.7 Å². The highest BCUT2D eigenvalue weighted by Crippen LogP contribution is 2.19. The number of rotatable bonds is 14. The summed E-state index contributed by atoms with van der Waals surface area (Å²) in [5.74, 6) is -4.91. The van der Waals surface area contributed by atoms with Gasteiger partial charge in [0, 0.05) is 29.9 Å². The fraction of sp³-hybridized carbons (Fsp3) is 0.458. The van der Waals surface area contributed by atoms with E-state index in [1.807, 2.05) is 24.3 Å². The Bertz CT molecular complexity index is 1100. The lowest BCUT2D eigenvalue weighted by Gasteiger charge is -2.26. The first-order chi connectivity index (χ1) is 17.1. The molecule has 0 aliphatic heterocycles. The van der Waals surface area contributed by atoms with E-state index in [-0.39, 0.29) is 18.8 Å². The van der Waals surface area contributed by atoms with Crippen molar-refractivity contribution in [2.75, 3.05) is 6.54 Å². The summed E-state index contributed by atoms with van der Waals surface area (Å²) in [5.41, 5.74) is 6.83. The monoisotopic (exact) mass is 503 g/mol. The maximum atomic E-state index is 13.2. The average Bonchev–Trinajstić information content (AvgIpc) is 3.26. The van der Waals surface area contributed by atoms with Gasteiger partial charge in [-0.1, -0.05) is 38.5 Å². The van der Waals surface area contributed by atoms with Crippen LogP contribution in [0.3, 0.4) is 0 Å². The highest BCUT2D eigenvalue weighted by molar-refractivity contribution is 5.94. The number of para-hydroxylation sites is 1. The van der Waals surface area contributed by atoms with Gasteiger partial charge in [0.05, 0.1) is 6.54 Å². The molecule has 12 nitrogen and oxygen atoms in total. The molecule has 0 saturated heterocycles.